The third-order valence-corrected chi connectivity index (χ3v) is 6.75. The van der Waals surface area contributed by atoms with Crippen LogP contribution in [0.5, 0.6) is 0 Å². The number of benzene rings is 1. The molecule has 27 heavy (non-hydrogen) atoms. The number of sulfonamides is 1. The van der Waals surface area contributed by atoms with E-state index < -0.39 is 15.6 Å². The molecule has 0 spiro atoms. The third kappa shape index (κ3) is 5.21. The van der Waals surface area contributed by atoms with Crippen LogP contribution in [0.1, 0.15) is 50.9 Å². The zero-order valence-corrected chi connectivity index (χ0v) is 17.6. The van der Waals surface area contributed by atoms with Gasteiger partial charge in [-0.1, -0.05) is 13.8 Å². The Morgan fingerprint density at radius 2 is 1.81 bits per heavy atom. The van der Waals surface area contributed by atoms with Gasteiger partial charge in [0, 0.05) is 44.0 Å². The van der Waals surface area contributed by atoms with Gasteiger partial charge >= 0.3 is 0 Å². The van der Waals surface area contributed by atoms with Crippen LogP contribution >= 0.6 is 0 Å². The number of nitrogens with two attached hydrogens (primary N) is 1. The first kappa shape index (κ1) is 21.7. The number of carbonyl (C=O) groups is 1. The van der Waals surface area contributed by atoms with Gasteiger partial charge in [0.15, 0.2) is 0 Å². The summed E-state index contributed by atoms with van der Waals surface area (Å²) < 4.78 is 27.2. The van der Waals surface area contributed by atoms with Crippen LogP contribution in [0.15, 0.2) is 23.1 Å². The Balaban J connectivity index is 2.44. The Hall–Kier alpha value is -1.64. The number of nitrogens with one attached hydrogen (secondary N) is 1. The molecule has 0 aliphatic carbocycles. The fourth-order valence-electron chi connectivity index (χ4n) is 3.21. The van der Waals surface area contributed by atoms with Crippen molar-refractivity contribution in [1.82, 2.24) is 9.62 Å². The fraction of sp³-hybridized carbons (Fsp3) is 0.632. The average molecular weight is 397 g/mol. The summed E-state index contributed by atoms with van der Waals surface area (Å²) in [5.41, 5.74) is 6.58. The second-order valence-electron chi connectivity index (χ2n) is 7.63. The summed E-state index contributed by atoms with van der Waals surface area (Å²) in [5, 5.41) is 2.84. The number of hydrogen-bond acceptors (Lipinski definition) is 5. The van der Waals surface area contributed by atoms with Gasteiger partial charge in [-0.15, -0.1) is 0 Å². The Morgan fingerprint density at radius 1 is 1.22 bits per heavy atom. The second-order valence-corrected chi connectivity index (χ2v) is 9.57. The first-order chi connectivity index (χ1) is 12.6. The Bertz CT molecular complexity index is 762. The first-order valence-electron chi connectivity index (χ1n) is 9.56. The van der Waals surface area contributed by atoms with E-state index in [0.717, 1.165) is 31.6 Å². The van der Waals surface area contributed by atoms with Gasteiger partial charge in [-0.25, -0.2) is 8.42 Å². The maximum Gasteiger partial charge on any atom is 0.253 e. The number of hydrogen-bond donors (Lipinski definition) is 2. The van der Waals surface area contributed by atoms with E-state index in [-0.39, 0.29) is 10.8 Å². The highest BCUT2D eigenvalue weighted by atomic mass is 32.2. The molecule has 8 heteroatoms. The lowest BCUT2D eigenvalue weighted by molar-refractivity contribution is 0.0946. The van der Waals surface area contributed by atoms with Crippen LogP contribution in [0.2, 0.25) is 0 Å². The summed E-state index contributed by atoms with van der Waals surface area (Å²) in [4.78, 5) is 15.1. The van der Waals surface area contributed by atoms with Gasteiger partial charge in [-0.05, 0) is 44.9 Å². The van der Waals surface area contributed by atoms with Crippen molar-refractivity contribution in [2.24, 2.45) is 5.73 Å². The summed E-state index contributed by atoms with van der Waals surface area (Å²) in [5.74, 6) is -0.299. The van der Waals surface area contributed by atoms with Crippen molar-refractivity contribution in [3.63, 3.8) is 0 Å². The molecule has 0 saturated carbocycles. The van der Waals surface area contributed by atoms with Gasteiger partial charge < -0.3 is 16.0 Å². The van der Waals surface area contributed by atoms with Crippen molar-refractivity contribution >= 4 is 21.6 Å². The zero-order chi connectivity index (χ0) is 20.2. The molecule has 0 bridgehead atoms. The number of nitrogens with zero attached hydrogens (tertiary/aromatic N) is 2. The maximum atomic E-state index is 12.9. The molecule has 1 aliphatic heterocycles. The molecule has 2 rings (SSSR count). The van der Waals surface area contributed by atoms with Crippen molar-refractivity contribution in [2.75, 3.05) is 37.6 Å². The van der Waals surface area contributed by atoms with Crippen LogP contribution < -0.4 is 16.0 Å². The molecule has 3 N–H and O–H groups in total. The number of anilines is 1. The lowest BCUT2D eigenvalue weighted by Gasteiger charge is -2.24. The quantitative estimate of drug-likeness (QED) is 0.698. The fourth-order valence-corrected chi connectivity index (χ4v) is 4.69. The smallest absolute Gasteiger partial charge is 0.253 e. The first-order valence-corrected chi connectivity index (χ1v) is 11.0. The summed E-state index contributed by atoms with van der Waals surface area (Å²) in [7, 11) is -3.63. The molecule has 152 valence electrons. The van der Waals surface area contributed by atoms with Crippen molar-refractivity contribution in [1.29, 1.82) is 0 Å². The van der Waals surface area contributed by atoms with Crippen LogP contribution in [0.4, 0.5) is 5.69 Å². The van der Waals surface area contributed by atoms with E-state index >= 15 is 0 Å². The summed E-state index contributed by atoms with van der Waals surface area (Å²) in [6.07, 6.45) is 2.13. The zero-order valence-electron chi connectivity index (χ0n) is 16.8. The summed E-state index contributed by atoms with van der Waals surface area (Å²) in [6.45, 7) is 10.1. The van der Waals surface area contributed by atoms with Gasteiger partial charge in [-0.2, -0.15) is 4.31 Å². The standard InChI is InChI=1S/C19H32N4O3S/c1-5-23(6-2)27(25,26)15-9-10-17(22-11-7-8-12-22)16(13-15)18(24)21-14-19(3,4)20/h9-10,13H,5-8,11-12,14,20H2,1-4H3,(H,21,24). The molecule has 1 fully saturated rings. The lowest BCUT2D eigenvalue weighted by Crippen LogP contribution is -2.45. The third-order valence-electron chi connectivity index (χ3n) is 4.71. The van der Waals surface area contributed by atoms with Crippen molar-refractivity contribution in [3.8, 4) is 0 Å². The van der Waals surface area contributed by atoms with E-state index in [9.17, 15) is 13.2 Å². The summed E-state index contributed by atoms with van der Waals surface area (Å²) >= 11 is 0. The molecule has 1 amide bonds. The molecule has 1 aliphatic rings. The Morgan fingerprint density at radius 3 is 2.33 bits per heavy atom. The van der Waals surface area contributed by atoms with E-state index in [1.165, 1.54) is 10.4 Å². The van der Waals surface area contributed by atoms with Gasteiger partial charge in [0.25, 0.3) is 5.91 Å². The molecular formula is C19H32N4O3S. The predicted octanol–water partition coefficient (Wildman–Crippen LogP) is 1.78. The lowest BCUT2D eigenvalue weighted by atomic mass is 10.1. The van der Waals surface area contributed by atoms with E-state index in [1.54, 1.807) is 26.0 Å². The minimum atomic E-state index is -3.63. The summed E-state index contributed by atoms with van der Waals surface area (Å²) in [6, 6.07) is 4.86. The SMILES string of the molecule is CCN(CC)S(=O)(=O)c1ccc(N2CCCC2)c(C(=O)NCC(C)(C)N)c1. The van der Waals surface area contributed by atoms with Crippen molar-refractivity contribution < 1.29 is 13.2 Å². The maximum absolute atomic E-state index is 12.9. The van der Waals surface area contributed by atoms with Crippen molar-refractivity contribution in [2.45, 2.75) is 51.0 Å². The molecule has 0 atom stereocenters. The van der Waals surface area contributed by atoms with Crippen LogP contribution in [0.25, 0.3) is 0 Å². The normalized spacial score (nSPS) is 15.4. The van der Waals surface area contributed by atoms with E-state index in [1.807, 2.05) is 13.8 Å². The molecule has 7 nitrogen and oxygen atoms in total. The number of rotatable bonds is 8. The largest absolute Gasteiger partial charge is 0.371 e. The number of carbonyl (C=O) groups excluding carboxylic acids is 1. The monoisotopic (exact) mass is 396 g/mol. The highest BCUT2D eigenvalue weighted by molar-refractivity contribution is 7.89. The topological polar surface area (TPSA) is 95.7 Å². The van der Waals surface area contributed by atoms with Crippen LogP contribution in [0.3, 0.4) is 0 Å². The minimum Gasteiger partial charge on any atom is -0.371 e. The van der Waals surface area contributed by atoms with Gasteiger partial charge in [0.1, 0.15) is 0 Å². The van der Waals surface area contributed by atoms with Gasteiger partial charge in [0.2, 0.25) is 10.0 Å². The second kappa shape index (κ2) is 8.58. The molecule has 1 aromatic rings. The van der Waals surface area contributed by atoms with E-state index in [4.69, 9.17) is 5.73 Å². The van der Waals surface area contributed by atoms with Crippen LogP contribution in [0, 0.1) is 0 Å². The van der Waals surface area contributed by atoms with E-state index in [2.05, 4.69) is 10.2 Å². The minimum absolute atomic E-state index is 0.145. The van der Waals surface area contributed by atoms with Crippen LogP contribution in [-0.4, -0.2) is 56.9 Å². The Labute approximate surface area is 163 Å². The van der Waals surface area contributed by atoms with Crippen molar-refractivity contribution in [3.05, 3.63) is 23.8 Å². The van der Waals surface area contributed by atoms with Crippen LogP contribution in [-0.2, 0) is 10.0 Å². The average Bonchev–Trinajstić information content (AvgIpc) is 3.13. The number of amides is 1. The van der Waals surface area contributed by atoms with Gasteiger partial charge in [0.05, 0.1) is 10.5 Å². The molecular weight excluding hydrogens is 364 g/mol. The van der Waals surface area contributed by atoms with E-state index in [0.29, 0.717) is 25.2 Å². The molecule has 0 unspecified atom stereocenters. The highest BCUT2D eigenvalue weighted by Crippen LogP contribution is 2.28. The molecule has 1 aromatic carbocycles. The molecule has 1 saturated heterocycles. The highest BCUT2D eigenvalue weighted by Gasteiger charge is 2.26. The predicted molar refractivity (Wildman–Crippen MR) is 109 cm³/mol. The molecule has 0 aromatic heterocycles. The van der Waals surface area contributed by atoms with Gasteiger partial charge in [-0.3, -0.25) is 4.79 Å². The molecule has 0 radical (unpaired) electrons. The molecule has 1 heterocycles. The Kier molecular flexibility index (Phi) is 6.88.